The smallest absolute Gasteiger partial charge is 0.416 e. The number of aromatic carboxylic acids is 1. The van der Waals surface area contributed by atoms with Crippen LogP contribution in [0.3, 0.4) is 0 Å². The van der Waals surface area contributed by atoms with Crippen molar-refractivity contribution in [1.29, 1.82) is 0 Å². The fraction of sp³-hybridized carbons (Fsp3) is 0.302. The van der Waals surface area contributed by atoms with E-state index in [1.165, 1.54) is 62.7 Å². The van der Waals surface area contributed by atoms with Gasteiger partial charge in [0.2, 0.25) is 23.7 Å². The normalized spacial score (nSPS) is 12.5. The van der Waals surface area contributed by atoms with E-state index in [2.05, 4.69) is 39.7 Å². The molecular weight excluding hydrogens is 1460 g/mol. The first kappa shape index (κ1) is 83.9. The molecule has 2 aromatic heterocycles. The van der Waals surface area contributed by atoms with Crippen LogP contribution in [0.25, 0.3) is 0 Å². The number of urea groups is 2. The first-order valence-corrected chi connectivity index (χ1v) is 32.6. The van der Waals surface area contributed by atoms with E-state index in [1.807, 2.05) is 0 Å². The zero-order chi connectivity index (χ0) is 75.8. The number of esters is 2. The number of nitrogens with zero attached hydrogens (tertiary/aromatic N) is 6. The van der Waals surface area contributed by atoms with Gasteiger partial charge in [0.25, 0.3) is 25.7 Å². The molecule has 0 fully saturated rings. The number of nitro groups is 1. The Morgan fingerprint density at radius 1 is 0.760 bits per heavy atom. The number of nitrogens with one attached hydrogen (secondary N) is 4. The highest BCUT2D eigenvalue weighted by molar-refractivity contribution is 7.90. The van der Waals surface area contributed by atoms with Gasteiger partial charge in [0, 0.05) is 31.4 Å². The number of amides is 4. The molecule has 0 saturated carbocycles. The largest absolute Gasteiger partial charge is 0.480 e. The van der Waals surface area contributed by atoms with Gasteiger partial charge in [0.05, 0.1) is 45.8 Å². The number of alkyl halides is 10. The van der Waals surface area contributed by atoms with Gasteiger partial charge < -0.3 is 49.3 Å². The third-order valence-corrected chi connectivity index (χ3v) is 15.4. The number of benzene rings is 4. The van der Waals surface area contributed by atoms with Crippen molar-refractivity contribution in [3.05, 3.63) is 134 Å². The van der Waals surface area contributed by atoms with Crippen molar-refractivity contribution in [2.24, 2.45) is 5.73 Å². The molecule has 9 N–H and O–H groups in total. The van der Waals surface area contributed by atoms with Gasteiger partial charge >= 0.3 is 67.5 Å². The lowest BCUT2D eigenvalue weighted by Crippen LogP contribution is -2.35. The van der Waals surface area contributed by atoms with Crippen LogP contribution in [-0.2, 0) is 56.3 Å². The second kappa shape index (κ2) is 37.0. The predicted octanol–water partition coefficient (Wildman–Crippen LogP) is 8.94. The summed E-state index contributed by atoms with van der Waals surface area (Å²) in [5, 5.41) is 32.0. The van der Waals surface area contributed by atoms with E-state index < -0.39 is 169 Å². The predicted molar refractivity (Wildman–Crippen MR) is 321 cm³/mol. The number of sulfonamides is 2. The Balaban J connectivity index is 0.000000363. The number of carboxylic acid groups (broad SMARTS) is 2. The Kier molecular flexibility index (Phi) is 31.0. The molecule has 0 aliphatic heterocycles. The Labute approximate surface area is 561 Å². The molecular formula is C53H53ClF10N11O22PS2. The number of anilines is 2. The third kappa shape index (κ3) is 29.0. The molecule has 100 heavy (non-hydrogen) atoms. The van der Waals surface area contributed by atoms with E-state index in [0.29, 0.717) is 12.1 Å². The molecule has 3 atom stereocenters. The number of halogens is 11. The molecule has 3 unspecified atom stereocenters. The highest BCUT2D eigenvalue weighted by atomic mass is 35.5. The van der Waals surface area contributed by atoms with Crippen LogP contribution in [0.2, 0.25) is 5.02 Å². The Bertz CT molecular complexity index is 4180. The van der Waals surface area contributed by atoms with Gasteiger partial charge in [0.15, 0.2) is 13.5 Å². The number of nitro benzene ring substituents is 1. The zero-order valence-electron chi connectivity index (χ0n) is 51.3. The average Bonchev–Trinajstić information content (AvgIpc) is 0.822. The average molecular weight is 1520 g/mol. The van der Waals surface area contributed by atoms with Crippen LogP contribution in [0.1, 0.15) is 64.4 Å². The molecule has 546 valence electrons. The number of aliphatic carboxylic acids is 1. The molecule has 4 amide bonds. The lowest BCUT2D eigenvalue weighted by molar-refractivity contribution is -0.385. The van der Waals surface area contributed by atoms with Crippen molar-refractivity contribution in [1.82, 2.24) is 34.4 Å². The van der Waals surface area contributed by atoms with Gasteiger partial charge in [-0.15, -0.1) is 0 Å². The monoisotopic (exact) mass is 1520 g/mol. The summed E-state index contributed by atoms with van der Waals surface area (Å²) in [5.41, 5.74) is 2.21. The molecule has 6 rings (SSSR count). The molecule has 0 aliphatic carbocycles. The maximum atomic E-state index is 12.8. The van der Waals surface area contributed by atoms with Crippen molar-refractivity contribution in [3.8, 4) is 29.3 Å². The first-order valence-electron chi connectivity index (χ1n) is 26.9. The van der Waals surface area contributed by atoms with Crippen LogP contribution in [-0.4, -0.2) is 156 Å². The number of methoxy groups -OCH3 is 1. The van der Waals surface area contributed by atoms with Crippen LogP contribution >= 0.6 is 19.0 Å². The number of hydrogen-bond donors (Lipinski definition) is 8. The summed E-state index contributed by atoms with van der Waals surface area (Å²) in [5.74, 6) is -8.00. The van der Waals surface area contributed by atoms with E-state index in [-0.39, 0.29) is 59.1 Å². The summed E-state index contributed by atoms with van der Waals surface area (Å²) in [6, 6.07) is 11.4. The standard InChI is InChI=1S/C19H15ClF3NO7.C15H16F3N5O4S.C14H10F4N4O7S.C5H12NO4P/c1-3-29-17(25)10(2)30-18(26)13-9-12(5-6-15(13)24(27)28)31-16-7-4-11(8-14(16)20)19(21,22)23;1-9-19-12(22-14(20-9)27-2)21-13(24)23-28(25,26)11-6-4-3-5-10(11)7-8-15(16,17)18;15-11(16)28-8-5-9(29-12(17)18)20-13(19-8)21-14(25)22-30(26,27)7-4-2-1-3-6(7)10(23)24;1-11(9,10)3-2-4(6)5(7)8/h4-10H,3H2,1-2H3;3-6H,7-8H2,1-2H3,(H2,19,20,21,22,23,24);1-5,11-12H,(H,23,24)(H2,19,20,21,22,25);4H,2-3,6H2,1H3,(H,7,8)(H,9,10). The van der Waals surface area contributed by atoms with Crippen molar-refractivity contribution in [2.75, 3.05) is 37.2 Å². The summed E-state index contributed by atoms with van der Waals surface area (Å²) in [4.78, 5) is 105. The summed E-state index contributed by atoms with van der Waals surface area (Å²) in [6.45, 7) is -1.32. The number of aryl methyl sites for hydroxylation is 2. The van der Waals surface area contributed by atoms with Crippen LogP contribution in [0.4, 0.5) is 71.1 Å². The van der Waals surface area contributed by atoms with E-state index >= 15 is 0 Å². The third-order valence-electron chi connectivity index (χ3n) is 11.2. The minimum absolute atomic E-state index is 0.0398. The van der Waals surface area contributed by atoms with Gasteiger partial charge in [0.1, 0.15) is 33.8 Å². The van der Waals surface area contributed by atoms with Gasteiger partial charge in [-0.25, -0.2) is 50.3 Å². The number of ether oxygens (including phenoxy) is 6. The van der Waals surface area contributed by atoms with Gasteiger partial charge in [-0.2, -0.15) is 68.8 Å². The van der Waals surface area contributed by atoms with E-state index in [4.69, 9.17) is 51.4 Å². The van der Waals surface area contributed by atoms with E-state index in [0.717, 1.165) is 48.5 Å². The molecule has 0 saturated heterocycles. The number of rotatable bonds is 25. The van der Waals surface area contributed by atoms with E-state index in [1.54, 1.807) is 17.0 Å². The number of nitrogens with two attached hydrogens (primary N) is 1. The number of carbonyl (C=O) groups excluding carboxylic acids is 4. The topological polar surface area (TPSA) is 486 Å². The van der Waals surface area contributed by atoms with Crippen LogP contribution in [0.5, 0.6) is 29.3 Å². The Morgan fingerprint density at radius 3 is 1.79 bits per heavy atom. The summed E-state index contributed by atoms with van der Waals surface area (Å²) >= 11 is 5.83. The first-order chi connectivity index (χ1) is 46.2. The van der Waals surface area contributed by atoms with Crippen molar-refractivity contribution in [3.63, 3.8) is 0 Å². The molecule has 33 nitrogen and oxygen atoms in total. The molecule has 6 aromatic rings. The highest BCUT2D eigenvalue weighted by Crippen LogP contribution is 2.38. The van der Waals surface area contributed by atoms with Gasteiger partial charge in [-0.3, -0.25) is 30.1 Å². The molecule has 0 aliphatic rings. The molecule has 0 spiro atoms. The molecule has 0 radical (unpaired) electrons. The van der Waals surface area contributed by atoms with Crippen LogP contribution < -0.4 is 44.8 Å². The van der Waals surface area contributed by atoms with E-state index in [9.17, 15) is 104 Å². The van der Waals surface area contributed by atoms with Crippen molar-refractivity contribution >= 4 is 92.5 Å². The second-order valence-corrected chi connectivity index (χ2v) is 25.2. The molecule has 47 heteroatoms. The number of aromatic nitrogens is 5. The fourth-order valence-corrected chi connectivity index (χ4v) is 10.2. The summed E-state index contributed by atoms with van der Waals surface area (Å²) < 4.78 is 216. The summed E-state index contributed by atoms with van der Waals surface area (Å²) in [6.07, 6.45) is -12.1. The molecule has 0 bridgehead atoms. The highest BCUT2D eigenvalue weighted by Gasteiger charge is 2.33. The second-order valence-electron chi connectivity index (χ2n) is 19.0. The molecule has 2 heterocycles. The van der Waals surface area contributed by atoms with Crippen molar-refractivity contribution in [2.45, 2.75) is 87.5 Å². The number of hydrogen-bond acceptors (Lipinski definition) is 25. The van der Waals surface area contributed by atoms with Gasteiger partial charge in [-0.05, 0) is 81.6 Å². The Hall–Kier alpha value is -10.4. The maximum Gasteiger partial charge on any atom is 0.416 e. The maximum absolute atomic E-state index is 12.8. The van der Waals surface area contributed by atoms with Crippen LogP contribution in [0.15, 0.2) is 101 Å². The van der Waals surface area contributed by atoms with Gasteiger partial charge in [-0.1, -0.05) is 41.9 Å². The van der Waals surface area contributed by atoms with Crippen LogP contribution in [0, 0.1) is 17.0 Å². The Morgan fingerprint density at radius 2 is 1.30 bits per heavy atom. The minimum atomic E-state index is -4.71. The lowest BCUT2D eigenvalue weighted by Gasteiger charge is -2.13. The minimum Gasteiger partial charge on any atom is -0.480 e. The number of carbonyl (C=O) groups is 6. The number of carboxylic acids is 2. The lowest BCUT2D eigenvalue weighted by atomic mass is 10.1. The quantitative estimate of drug-likeness (QED) is 0.00871. The SMILES string of the molecule is CCOC(=O)C(C)OC(=O)c1cc(Oc2ccc(C(F)(F)F)cc2Cl)ccc1[N+](=O)[O-].COc1nc(C)nc(NC(=O)NS(=O)(=O)c2ccccc2CCC(F)(F)F)n1.CP(=O)(O)CCC(N)C(=O)O.O=C(Nc1nc(OC(F)F)cc(OC(F)F)n1)NS(=O)(=O)c1ccccc1C(=O)O. The fourth-order valence-electron chi connectivity index (χ4n) is 6.92. The zero-order valence-corrected chi connectivity index (χ0v) is 54.6. The molecule has 4 aromatic carbocycles. The summed E-state index contributed by atoms with van der Waals surface area (Å²) in [7, 11) is -11.0. The van der Waals surface area contributed by atoms with Crippen molar-refractivity contribution < 1.29 is 143 Å².